The van der Waals surface area contributed by atoms with Gasteiger partial charge in [-0.2, -0.15) is 0 Å². The first-order chi connectivity index (χ1) is 8.15. The second kappa shape index (κ2) is 5.45. The molecule has 0 amide bonds. The summed E-state index contributed by atoms with van der Waals surface area (Å²) in [7, 11) is 0. The normalized spacial score (nSPS) is 18.8. The van der Waals surface area contributed by atoms with Gasteiger partial charge < -0.3 is 5.73 Å². The van der Waals surface area contributed by atoms with Gasteiger partial charge in [0.05, 0.1) is 18.1 Å². The van der Waals surface area contributed by atoms with Gasteiger partial charge in [0.2, 0.25) is 0 Å². The van der Waals surface area contributed by atoms with Crippen molar-refractivity contribution in [2.45, 2.75) is 33.2 Å². The van der Waals surface area contributed by atoms with Crippen LogP contribution >= 0.6 is 0 Å². The average Bonchev–Trinajstić information content (AvgIpc) is 2.33. The Hall–Kier alpha value is -1.16. The Morgan fingerprint density at radius 2 is 2.00 bits per heavy atom. The maximum Gasteiger partial charge on any atom is 0.141 e. The molecule has 1 fully saturated rings. The molecule has 1 saturated heterocycles. The number of rotatable bonds is 3. The minimum absolute atomic E-state index is 0.493. The lowest BCUT2D eigenvalue weighted by Gasteiger charge is -2.33. The van der Waals surface area contributed by atoms with Crippen LogP contribution in [0.4, 0.5) is 5.82 Å². The number of likely N-dealkylation sites (tertiary alicyclic amines) is 1. The Kier molecular flexibility index (Phi) is 3.94. The summed E-state index contributed by atoms with van der Waals surface area (Å²) >= 11 is 0. The molecule has 0 aliphatic carbocycles. The van der Waals surface area contributed by atoms with Gasteiger partial charge in [-0.3, -0.25) is 9.88 Å². The molecule has 0 spiro atoms. The molecule has 0 radical (unpaired) electrons. The molecule has 17 heavy (non-hydrogen) atoms. The Morgan fingerprint density at radius 3 is 2.53 bits per heavy atom. The molecular weight excluding hydrogens is 212 g/mol. The maximum absolute atomic E-state index is 5.52. The number of hydrogen-bond acceptors (Lipinski definition) is 4. The van der Waals surface area contributed by atoms with E-state index in [1.54, 1.807) is 12.4 Å². The number of nitrogen functional groups attached to an aromatic ring is 1. The van der Waals surface area contributed by atoms with Gasteiger partial charge in [0.25, 0.3) is 0 Å². The van der Waals surface area contributed by atoms with E-state index in [0.29, 0.717) is 5.82 Å². The van der Waals surface area contributed by atoms with Crippen molar-refractivity contribution in [1.82, 2.24) is 14.9 Å². The van der Waals surface area contributed by atoms with Gasteiger partial charge in [-0.25, -0.2) is 4.98 Å². The summed E-state index contributed by atoms with van der Waals surface area (Å²) in [4.78, 5) is 10.8. The Morgan fingerprint density at radius 1 is 1.29 bits per heavy atom. The lowest BCUT2D eigenvalue weighted by atomic mass is 9.87. The van der Waals surface area contributed by atoms with E-state index in [2.05, 4.69) is 28.7 Å². The fourth-order valence-electron chi connectivity index (χ4n) is 2.45. The largest absolute Gasteiger partial charge is 0.382 e. The first-order valence-electron chi connectivity index (χ1n) is 6.44. The summed E-state index contributed by atoms with van der Waals surface area (Å²) in [6, 6.07) is 0. The summed E-state index contributed by atoms with van der Waals surface area (Å²) in [5.41, 5.74) is 6.54. The molecule has 0 saturated carbocycles. The average molecular weight is 234 g/mol. The van der Waals surface area contributed by atoms with Crippen molar-refractivity contribution in [3.63, 3.8) is 0 Å². The molecule has 1 aliphatic heterocycles. The molecule has 2 N–H and O–H groups in total. The minimum atomic E-state index is 0.493. The zero-order chi connectivity index (χ0) is 12.3. The van der Waals surface area contributed by atoms with Gasteiger partial charge >= 0.3 is 0 Å². The molecule has 1 aliphatic rings. The third kappa shape index (κ3) is 3.40. The Balaban J connectivity index is 1.84. The second-order valence-electron chi connectivity index (χ2n) is 5.29. The van der Waals surface area contributed by atoms with E-state index in [9.17, 15) is 0 Å². The SMILES string of the molecule is CC(C)C1CCN(Cc2cnc(N)cn2)CC1. The maximum atomic E-state index is 5.52. The lowest BCUT2D eigenvalue weighted by molar-refractivity contribution is 0.150. The molecule has 0 atom stereocenters. The van der Waals surface area contributed by atoms with Crippen LogP contribution in [0.5, 0.6) is 0 Å². The Labute approximate surface area is 103 Å². The summed E-state index contributed by atoms with van der Waals surface area (Å²) in [5, 5.41) is 0. The van der Waals surface area contributed by atoms with Crippen molar-refractivity contribution >= 4 is 5.82 Å². The van der Waals surface area contributed by atoms with E-state index < -0.39 is 0 Å². The van der Waals surface area contributed by atoms with Crippen molar-refractivity contribution in [2.75, 3.05) is 18.8 Å². The molecule has 0 unspecified atom stereocenters. The van der Waals surface area contributed by atoms with Crippen LogP contribution in [-0.4, -0.2) is 28.0 Å². The van der Waals surface area contributed by atoms with E-state index in [1.165, 1.54) is 25.9 Å². The van der Waals surface area contributed by atoms with E-state index in [-0.39, 0.29) is 0 Å². The molecule has 4 heteroatoms. The van der Waals surface area contributed by atoms with Crippen LogP contribution in [0.2, 0.25) is 0 Å². The van der Waals surface area contributed by atoms with Crippen molar-refractivity contribution in [1.29, 1.82) is 0 Å². The molecule has 1 aromatic heterocycles. The number of piperidine rings is 1. The third-order valence-corrected chi connectivity index (χ3v) is 3.69. The zero-order valence-electron chi connectivity index (χ0n) is 10.8. The number of anilines is 1. The van der Waals surface area contributed by atoms with Crippen LogP contribution in [0.1, 0.15) is 32.4 Å². The summed E-state index contributed by atoms with van der Waals surface area (Å²) in [5.74, 6) is 2.20. The molecule has 1 aromatic rings. The number of aromatic nitrogens is 2. The molecule has 4 nitrogen and oxygen atoms in total. The lowest BCUT2D eigenvalue weighted by Crippen LogP contribution is -2.35. The van der Waals surface area contributed by atoms with Gasteiger partial charge in [-0.1, -0.05) is 13.8 Å². The van der Waals surface area contributed by atoms with E-state index >= 15 is 0 Å². The second-order valence-corrected chi connectivity index (χ2v) is 5.29. The van der Waals surface area contributed by atoms with Crippen LogP contribution in [0.25, 0.3) is 0 Å². The van der Waals surface area contributed by atoms with Crippen LogP contribution < -0.4 is 5.73 Å². The quantitative estimate of drug-likeness (QED) is 0.868. The fraction of sp³-hybridized carbons (Fsp3) is 0.692. The van der Waals surface area contributed by atoms with Crippen molar-refractivity contribution in [3.8, 4) is 0 Å². The molecule has 94 valence electrons. The number of nitrogens with zero attached hydrogens (tertiary/aromatic N) is 3. The fourth-order valence-corrected chi connectivity index (χ4v) is 2.45. The van der Waals surface area contributed by atoms with Crippen LogP contribution in [0.15, 0.2) is 12.4 Å². The molecule has 2 rings (SSSR count). The highest BCUT2D eigenvalue weighted by molar-refractivity contribution is 5.22. The first-order valence-corrected chi connectivity index (χ1v) is 6.44. The van der Waals surface area contributed by atoms with E-state index in [1.807, 2.05) is 0 Å². The summed E-state index contributed by atoms with van der Waals surface area (Å²) in [6.45, 7) is 7.90. The first kappa shape index (κ1) is 12.3. The van der Waals surface area contributed by atoms with Gasteiger partial charge in [0.15, 0.2) is 0 Å². The smallest absolute Gasteiger partial charge is 0.141 e. The predicted octanol–water partition coefficient (Wildman–Crippen LogP) is 1.93. The van der Waals surface area contributed by atoms with Gasteiger partial charge in [0.1, 0.15) is 5.82 Å². The predicted molar refractivity (Wildman–Crippen MR) is 69.3 cm³/mol. The van der Waals surface area contributed by atoms with E-state index in [4.69, 9.17) is 5.73 Å². The van der Waals surface area contributed by atoms with Crippen LogP contribution in [0, 0.1) is 11.8 Å². The molecule has 0 bridgehead atoms. The summed E-state index contributed by atoms with van der Waals surface area (Å²) in [6.07, 6.45) is 6.03. The van der Waals surface area contributed by atoms with E-state index in [0.717, 1.165) is 24.1 Å². The van der Waals surface area contributed by atoms with Gasteiger partial charge in [0, 0.05) is 6.54 Å². The number of nitrogens with two attached hydrogens (primary N) is 1. The highest BCUT2D eigenvalue weighted by Gasteiger charge is 2.21. The Bertz CT molecular complexity index is 339. The van der Waals surface area contributed by atoms with Crippen LogP contribution in [0.3, 0.4) is 0 Å². The monoisotopic (exact) mass is 234 g/mol. The third-order valence-electron chi connectivity index (χ3n) is 3.69. The van der Waals surface area contributed by atoms with Crippen molar-refractivity contribution in [3.05, 3.63) is 18.1 Å². The van der Waals surface area contributed by atoms with Crippen molar-refractivity contribution < 1.29 is 0 Å². The van der Waals surface area contributed by atoms with Gasteiger partial charge in [-0.05, 0) is 37.8 Å². The molecule has 0 aromatic carbocycles. The zero-order valence-corrected chi connectivity index (χ0v) is 10.8. The number of hydrogen-bond donors (Lipinski definition) is 1. The molecule has 2 heterocycles. The summed E-state index contributed by atoms with van der Waals surface area (Å²) < 4.78 is 0. The van der Waals surface area contributed by atoms with Crippen molar-refractivity contribution in [2.24, 2.45) is 11.8 Å². The van der Waals surface area contributed by atoms with Crippen LogP contribution in [-0.2, 0) is 6.54 Å². The van der Waals surface area contributed by atoms with Gasteiger partial charge in [-0.15, -0.1) is 0 Å². The topological polar surface area (TPSA) is 55.0 Å². The minimum Gasteiger partial charge on any atom is -0.382 e. The standard InChI is InChI=1S/C13H22N4/c1-10(2)11-3-5-17(6-4-11)9-12-7-16-13(14)8-15-12/h7-8,10-11H,3-6,9H2,1-2H3,(H2,14,16). The highest BCUT2D eigenvalue weighted by Crippen LogP contribution is 2.24. The molecular formula is C13H22N4. The highest BCUT2D eigenvalue weighted by atomic mass is 15.1.